The van der Waals surface area contributed by atoms with Gasteiger partial charge in [0.1, 0.15) is 0 Å². The van der Waals surface area contributed by atoms with Crippen molar-refractivity contribution in [3.8, 4) is 0 Å². The van der Waals surface area contributed by atoms with Crippen LogP contribution < -0.4 is 16.4 Å². The SMILES string of the molecule is CC(C)c1ccc(C(=O)NC(=S)Nc2cccc(C(N)=O)c2)cc1. The molecule has 0 radical (unpaired) electrons. The molecule has 0 aliphatic heterocycles. The molecule has 0 aliphatic carbocycles. The monoisotopic (exact) mass is 341 g/mol. The predicted molar refractivity (Wildman–Crippen MR) is 99.2 cm³/mol. The molecular weight excluding hydrogens is 322 g/mol. The second-order valence-electron chi connectivity index (χ2n) is 5.63. The molecule has 0 spiro atoms. The summed E-state index contributed by atoms with van der Waals surface area (Å²) >= 11 is 5.13. The van der Waals surface area contributed by atoms with Crippen molar-refractivity contribution >= 4 is 34.8 Å². The Labute approximate surface area is 146 Å². The molecule has 2 amide bonds. The second-order valence-corrected chi connectivity index (χ2v) is 6.04. The van der Waals surface area contributed by atoms with Gasteiger partial charge in [-0.2, -0.15) is 0 Å². The quantitative estimate of drug-likeness (QED) is 0.746. The van der Waals surface area contributed by atoms with Gasteiger partial charge in [-0.3, -0.25) is 14.9 Å². The minimum absolute atomic E-state index is 0.148. The molecule has 0 saturated carbocycles. The smallest absolute Gasteiger partial charge is 0.257 e. The van der Waals surface area contributed by atoms with Crippen LogP contribution in [0, 0.1) is 0 Å². The summed E-state index contributed by atoms with van der Waals surface area (Å²) in [5, 5.41) is 5.61. The zero-order chi connectivity index (χ0) is 17.7. The molecule has 4 N–H and O–H groups in total. The molecule has 6 heteroatoms. The lowest BCUT2D eigenvalue weighted by Gasteiger charge is -2.11. The van der Waals surface area contributed by atoms with Crippen LogP contribution in [0.2, 0.25) is 0 Å². The summed E-state index contributed by atoms with van der Waals surface area (Å²) in [7, 11) is 0. The van der Waals surface area contributed by atoms with Gasteiger partial charge in [-0.1, -0.05) is 32.0 Å². The van der Waals surface area contributed by atoms with Crippen molar-refractivity contribution in [1.29, 1.82) is 0 Å². The second kappa shape index (κ2) is 7.70. The highest BCUT2D eigenvalue weighted by atomic mass is 32.1. The van der Waals surface area contributed by atoms with Gasteiger partial charge in [0.25, 0.3) is 5.91 Å². The number of hydrogen-bond donors (Lipinski definition) is 3. The molecule has 2 aromatic rings. The lowest BCUT2D eigenvalue weighted by Crippen LogP contribution is -2.34. The summed E-state index contributed by atoms with van der Waals surface area (Å²) in [5.41, 5.74) is 7.85. The van der Waals surface area contributed by atoms with E-state index in [0.29, 0.717) is 22.7 Å². The normalized spacial score (nSPS) is 10.3. The molecule has 0 heterocycles. The van der Waals surface area contributed by atoms with E-state index in [9.17, 15) is 9.59 Å². The van der Waals surface area contributed by atoms with Crippen LogP contribution in [-0.4, -0.2) is 16.9 Å². The van der Waals surface area contributed by atoms with Crippen LogP contribution in [0.1, 0.15) is 46.0 Å². The molecular formula is C18H19N3O2S. The van der Waals surface area contributed by atoms with E-state index in [2.05, 4.69) is 24.5 Å². The lowest BCUT2D eigenvalue weighted by molar-refractivity contribution is 0.0974. The highest BCUT2D eigenvalue weighted by Crippen LogP contribution is 2.15. The van der Waals surface area contributed by atoms with Crippen LogP contribution in [0.3, 0.4) is 0 Å². The van der Waals surface area contributed by atoms with Gasteiger partial charge in [0.2, 0.25) is 5.91 Å². The number of hydrogen-bond acceptors (Lipinski definition) is 3. The summed E-state index contributed by atoms with van der Waals surface area (Å²) < 4.78 is 0. The van der Waals surface area contributed by atoms with Crippen molar-refractivity contribution in [1.82, 2.24) is 5.32 Å². The molecule has 0 atom stereocenters. The molecule has 0 aromatic heterocycles. The minimum atomic E-state index is -0.529. The molecule has 0 bridgehead atoms. The van der Waals surface area contributed by atoms with Crippen LogP contribution in [0.4, 0.5) is 5.69 Å². The third kappa shape index (κ3) is 4.63. The van der Waals surface area contributed by atoms with E-state index in [1.54, 1.807) is 36.4 Å². The Hall–Kier alpha value is -2.73. The van der Waals surface area contributed by atoms with Gasteiger partial charge in [0.15, 0.2) is 5.11 Å². The number of nitrogens with one attached hydrogen (secondary N) is 2. The zero-order valence-electron chi connectivity index (χ0n) is 13.5. The Balaban J connectivity index is 2.00. The fraction of sp³-hybridized carbons (Fsp3) is 0.167. The van der Waals surface area contributed by atoms with Gasteiger partial charge in [-0.25, -0.2) is 0 Å². The van der Waals surface area contributed by atoms with Crippen molar-refractivity contribution in [3.05, 3.63) is 65.2 Å². The molecule has 0 fully saturated rings. The Morgan fingerprint density at radius 1 is 1.04 bits per heavy atom. The fourth-order valence-corrected chi connectivity index (χ4v) is 2.32. The Bertz CT molecular complexity index is 770. The van der Waals surface area contributed by atoms with Crippen molar-refractivity contribution in [2.45, 2.75) is 19.8 Å². The van der Waals surface area contributed by atoms with Crippen molar-refractivity contribution in [2.24, 2.45) is 5.73 Å². The largest absolute Gasteiger partial charge is 0.366 e. The number of anilines is 1. The van der Waals surface area contributed by atoms with E-state index in [4.69, 9.17) is 18.0 Å². The highest BCUT2D eigenvalue weighted by Gasteiger charge is 2.09. The van der Waals surface area contributed by atoms with Gasteiger partial charge in [0.05, 0.1) is 0 Å². The summed E-state index contributed by atoms with van der Waals surface area (Å²) in [6.45, 7) is 4.18. The summed E-state index contributed by atoms with van der Waals surface area (Å²) in [5.74, 6) is -0.421. The minimum Gasteiger partial charge on any atom is -0.366 e. The average molecular weight is 341 g/mol. The van der Waals surface area contributed by atoms with Gasteiger partial charge < -0.3 is 11.1 Å². The molecule has 124 valence electrons. The Morgan fingerprint density at radius 2 is 1.71 bits per heavy atom. The molecule has 5 nitrogen and oxygen atoms in total. The molecule has 0 unspecified atom stereocenters. The van der Waals surface area contributed by atoms with Gasteiger partial charge in [-0.15, -0.1) is 0 Å². The van der Waals surface area contributed by atoms with Crippen LogP contribution in [0.5, 0.6) is 0 Å². The third-order valence-corrected chi connectivity index (χ3v) is 3.68. The molecule has 0 saturated heterocycles. The first kappa shape index (κ1) is 17.6. The van der Waals surface area contributed by atoms with E-state index in [0.717, 1.165) is 5.56 Å². The maximum absolute atomic E-state index is 12.2. The number of carbonyl (C=O) groups excluding carboxylic acids is 2. The van der Waals surface area contributed by atoms with Gasteiger partial charge in [-0.05, 0) is 54.0 Å². The van der Waals surface area contributed by atoms with Gasteiger partial charge in [0, 0.05) is 16.8 Å². The van der Waals surface area contributed by atoms with Crippen LogP contribution >= 0.6 is 12.2 Å². The van der Waals surface area contributed by atoms with Crippen molar-refractivity contribution < 1.29 is 9.59 Å². The maximum Gasteiger partial charge on any atom is 0.257 e. The number of thiocarbonyl (C=S) groups is 1. The maximum atomic E-state index is 12.2. The van der Waals surface area contributed by atoms with Crippen LogP contribution in [0.25, 0.3) is 0 Å². The molecule has 24 heavy (non-hydrogen) atoms. The standard InChI is InChI=1S/C18H19N3O2S/c1-11(2)12-6-8-13(9-7-12)17(23)21-18(24)20-15-5-3-4-14(10-15)16(19)22/h3-11H,1-2H3,(H2,19,22)(H2,20,21,23,24). The van der Waals surface area contributed by atoms with Crippen LogP contribution in [0.15, 0.2) is 48.5 Å². The third-order valence-electron chi connectivity index (χ3n) is 3.47. The molecule has 0 aliphatic rings. The van der Waals surface area contributed by atoms with E-state index < -0.39 is 5.91 Å². The molecule has 2 aromatic carbocycles. The van der Waals surface area contributed by atoms with E-state index in [1.807, 2.05) is 12.1 Å². The number of primary amides is 1. The number of rotatable bonds is 4. The van der Waals surface area contributed by atoms with E-state index >= 15 is 0 Å². The Kier molecular flexibility index (Phi) is 5.65. The first-order valence-electron chi connectivity index (χ1n) is 7.49. The molecule has 2 rings (SSSR count). The number of nitrogens with two attached hydrogens (primary N) is 1. The lowest BCUT2D eigenvalue weighted by atomic mass is 10.0. The number of amides is 2. The summed E-state index contributed by atoms with van der Waals surface area (Å²) in [6, 6.07) is 13.9. The van der Waals surface area contributed by atoms with Gasteiger partial charge >= 0.3 is 0 Å². The topological polar surface area (TPSA) is 84.2 Å². The number of carbonyl (C=O) groups is 2. The first-order valence-corrected chi connectivity index (χ1v) is 7.90. The first-order chi connectivity index (χ1) is 11.4. The summed E-state index contributed by atoms with van der Waals surface area (Å²) in [6.07, 6.45) is 0. The van der Waals surface area contributed by atoms with Crippen molar-refractivity contribution in [3.63, 3.8) is 0 Å². The highest BCUT2D eigenvalue weighted by molar-refractivity contribution is 7.80. The zero-order valence-corrected chi connectivity index (χ0v) is 14.3. The number of benzene rings is 2. The average Bonchev–Trinajstić information content (AvgIpc) is 2.55. The van der Waals surface area contributed by atoms with Crippen LogP contribution in [-0.2, 0) is 0 Å². The van der Waals surface area contributed by atoms with Crippen molar-refractivity contribution in [2.75, 3.05) is 5.32 Å². The van der Waals surface area contributed by atoms with E-state index in [1.165, 1.54) is 0 Å². The predicted octanol–water partition coefficient (Wildman–Crippen LogP) is 3.04. The fourth-order valence-electron chi connectivity index (χ4n) is 2.11. The summed E-state index contributed by atoms with van der Waals surface area (Å²) in [4.78, 5) is 23.4. The Morgan fingerprint density at radius 3 is 2.29 bits per heavy atom. The van der Waals surface area contributed by atoms with E-state index in [-0.39, 0.29) is 11.0 Å².